The molecule has 4 atom stereocenters. The summed E-state index contributed by atoms with van der Waals surface area (Å²) in [5.41, 5.74) is 2.92. The first-order valence-electron chi connectivity index (χ1n) is 22.2. The van der Waals surface area contributed by atoms with Gasteiger partial charge in [-0.25, -0.2) is 18.7 Å². The van der Waals surface area contributed by atoms with Gasteiger partial charge in [0, 0.05) is 11.1 Å². The van der Waals surface area contributed by atoms with Crippen LogP contribution in [0.1, 0.15) is 94.0 Å². The number of aryl methyl sites for hydroxylation is 2. The second-order valence-corrected chi connectivity index (χ2v) is 17.7. The molecule has 2 aliphatic carbocycles. The molecule has 0 spiro atoms. The zero-order valence-corrected chi connectivity index (χ0v) is 40.5. The molecule has 4 amide bonds. The summed E-state index contributed by atoms with van der Waals surface area (Å²) in [6.07, 6.45) is 12.3. The minimum atomic E-state index is -0.369. The molecule has 8 rings (SSSR count). The Morgan fingerprint density at radius 1 is 0.721 bits per heavy atom. The number of aldehydes is 1. The van der Waals surface area contributed by atoms with Crippen LogP contribution >= 0.6 is 23.5 Å². The normalized spacial score (nSPS) is 20.5. The molecule has 2 saturated heterocycles. The first kappa shape index (κ1) is 56.1. The third-order valence-electron chi connectivity index (χ3n) is 10.6. The van der Waals surface area contributed by atoms with E-state index in [1.165, 1.54) is 30.7 Å². The van der Waals surface area contributed by atoms with Gasteiger partial charge in [0.05, 0.1) is 54.9 Å². The first-order chi connectivity index (χ1) is 32.3. The molecule has 2 N–H and O–H groups in total. The van der Waals surface area contributed by atoms with Crippen molar-refractivity contribution < 1.29 is 79.4 Å². The molecule has 4 fully saturated rings. The van der Waals surface area contributed by atoms with E-state index in [4.69, 9.17) is 27.8 Å². The standard InChI is InChI=1S/C22H23FN2O5S.C19H22FNO4.C4H9.C3H3NO2S.Li/c1-13-18(24-21(30-13)14-5-7-15(23)8-6-14)12-29-17-4-2-3-16(11-17)28-10-9-19-20(26)25-22(27)31-19;1-13-18(21-19(25-13)14-5-7-15(20)8-6-14)12-24-17-4-2-3-16(11-17)23-10-9-22;1-3-4-2;5-2-1-7-3(6)4-2;/h5-9,16-17H,2-4,10-12H2,1H3,(H,25,26,27);5-9,16-17H,2-4,10-12H2,1H3;1,3-4H2,2H3;1H2,(H,4,5,6);/q;;-1;;+1/b19-9-;;;;. The minimum Gasteiger partial charge on any atom is -0.441 e. The Morgan fingerprint density at radius 3 is 1.54 bits per heavy atom. The minimum absolute atomic E-state index is 0. The van der Waals surface area contributed by atoms with E-state index in [1.807, 2.05) is 13.8 Å². The van der Waals surface area contributed by atoms with Crippen LogP contribution < -0.4 is 29.5 Å². The fourth-order valence-corrected chi connectivity index (χ4v) is 8.13. The number of aromatic nitrogens is 2. The third-order valence-corrected chi connectivity index (χ3v) is 12.2. The molecule has 4 unspecified atom stereocenters. The van der Waals surface area contributed by atoms with E-state index < -0.39 is 0 Å². The van der Waals surface area contributed by atoms with Crippen molar-refractivity contribution in [2.24, 2.45) is 0 Å². The van der Waals surface area contributed by atoms with E-state index in [2.05, 4.69) is 34.4 Å². The smallest absolute Gasteiger partial charge is 0.441 e. The average molecular weight is 975 g/mol. The van der Waals surface area contributed by atoms with Crippen LogP contribution in [0.15, 0.2) is 68.3 Å². The second-order valence-electron chi connectivity index (χ2n) is 15.7. The van der Waals surface area contributed by atoms with Gasteiger partial charge in [-0.3, -0.25) is 29.8 Å². The van der Waals surface area contributed by atoms with E-state index in [1.54, 1.807) is 30.3 Å². The van der Waals surface area contributed by atoms with Crippen LogP contribution in [0.4, 0.5) is 18.4 Å². The van der Waals surface area contributed by atoms with Crippen molar-refractivity contribution in [3.8, 4) is 22.9 Å². The number of benzene rings is 2. The Bertz CT molecular complexity index is 2260. The van der Waals surface area contributed by atoms with E-state index in [9.17, 15) is 32.8 Å². The maximum Gasteiger partial charge on any atom is 1.00 e. The summed E-state index contributed by atoms with van der Waals surface area (Å²) < 4.78 is 61.0. The number of carbonyl (C=O) groups is 5. The molecule has 68 heavy (non-hydrogen) atoms. The van der Waals surface area contributed by atoms with Gasteiger partial charge in [-0.2, -0.15) is 6.42 Å². The van der Waals surface area contributed by atoms with Crippen LogP contribution in [0.2, 0.25) is 0 Å². The van der Waals surface area contributed by atoms with Gasteiger partial charge < -0.3 is 39.5 Å². The number of hydrogen-bond donors (Lipinski definition) is 2. The number of imide groups is 2. The molecule has 2 aliphatic heterocycles. The number of rotatable bonds is 15. The summed E-state index contributed by atoms with van der Waals surface area (Å²) in [6, 6.07) is 12.1. The van der Waals surface area contributed by atoms with E-state index in [0.29, 0.717) is 52.7 Å². The Morgan fingerprint density at radius 2 is 1.18 bits per heavy atom. The Kier molecular flexibility index (Phi) is 24.4. The van der Waals surface area contributed by atoms with Crippen molar-refractivity contribution in [3.05, 3.63) is 101 Å². The number of amides is 4. The molecule has 0 radical (unpaired) electrons. The second kappa shape index (κ2) is 29.5. The number of hydrogen-bond acceptors (Lipinski definition) is 15. The van der Waals surface area contributed by atoms with E-state index >= 15 is 0 Å². The van der Waals surface area contributed by atoms with Gasteiger partial charge >= 0.3 is 18.9 Å². The van der Waals surface area contributed by atoms with Gasteiger partial charge in [0.2, 0.25) is 17.7 Å². The predicted molar refractivity (Wildman–Crippen MR) is 248 cm³/mol. The molecule has 4 heterocycles. The maximum atomic E-state index is 13.1. The quantitative estimate of drug-likeness (QED) is 0.0538. The fraction of sp³-hybridized carbons (Fsp3) is 0.458. The van der Waals surface area contributed by atoms with Crippen LogP contribution in [-0.4, -0.2) is 81.9 Å². The largest absolute Gasteiger partial charge is 1.00 e. The number of nitrogens with one attached hydrogen (secondary N) is 2. The van der Waals surface area contributed by atoms with Crippen molar-refractivity contribution >= 4 is 52.1 Å². The van der Waals surface area contributed by atoms with Crippen molar-refractivity contribution in [1.29, 1.82) is 0 Å². The first-order valence-corrected chi connectivity index (χ1v) is 24.0. The molecule has 0 bridgehead atoms. The molecule has 15 nitrogen and oxygen atoms in total. The van der Waals surface area contributed by atoms with Crippen molar-refractivity contribution in [1.82, 2.24) is 20.6 Å². The Hall–Kier alpha value is -4.45. The third kappa shape index (κ3) is 18.8. The van der Waals surface area contributed by atoms with Gasteiger partial charge in [0.25, 0.3) is 16.4 Å². The van der Waals surface area contributed by atoms with Crippen LogP contribution in [0, 0.1) is 32.4 Å². The predicted octanol–water partition coefficient (Wildman–Crippen LogP) is 6.93. The fourth-order valence-electron chi connectivity index (χ4n) is 6.97. The number of halogens is 2. The molecular weight excluding hydrogens is 918 g/mol. The summed E-state index contributed by atoms with van der Waals surface area (Å²) in [5, 5.41) is 3.74. The molecule has 20 heteroatoms. The Labute approximate surface area is 415 Å². The SMILES string of the molecule is Cc1oc(-c2ccc(F)cc2)nc1COC1CCCC(OC/C=C2\SC(=O)NC2=O)C1.Cc1oc(-c2ccc(F)cc2)nc1COC1CCCC(OCC=O)C1.O=C1CSC(=O)N1.[CH2-]CCC.[Li+]. The van der Waals surface area contributed by atoms with E-state index in [-0.39, 0.29) is 90.4 Å². The van der Waals surface area contributed by atoms with Crippen LogP contribution in [0.5, 0.6) is 0 Å². The number of unbranched alkanes of at least 4 members (excludes halogenated alkanes) is 1. The van der Waals surface area contributed by atoms with Crippen molar-refractivity contribution in [2.45, 2.75) is 123 Å². The molecule has 4 aliphatic rings. The number of nitrogens with zero attached hydrogens (tertiary/aromatic N) is 2. The van der Waals surface area contributed by atoms with Crippen molar-refractivity contribution in [2.75, 3.05) is 19.0 Å². The van der Waals surface area contributed by atoms with Gasteiger partial charge in [0.15, 0.2) is 0 Å². The number of ether oxygens (including phenoxy) is 4. The summed E-state index contributed by atoms with van der Waals surface area (Å²) in [4.78, 5) is 62.7. The molecule has 2 aromatic heterocycles. The molecule has 362 valence electrons. The monoisotopic (exact) mass is 974 g/mol. The molecular formula is C48H57F2LiN4O11S2. The summed E-state index contributed by atoms with van der Waals surface area (Å²) in [5.74, 6) is 1.42. The molecule has 4 aromatic rings. The van der Waals surface area contributed by atoms with Crippen molar-refractivity contribution in [3.63, 3.8) is 0 Å². The maximum absolute atomic E-state index is 13.1. The number of carbonyl (C=O) groups excluding carboxylic acids is 5. The van der Waals surface area contributed by atoms with Gasteiger partial charge in [-0.15, -0.1) is 0 Å². The average Bonchev–Trinajstić information content (AvgIpc) is 4.10. The van der Waals surface area contributed by atoms with Crippen LogP contribution in [0.3, 0.4) is 0 Å². The summed E-state index contributed by atoms with van der Waals surface area (Å²) >= 11 is 1.90. The van der Waals surface area contributed by atoms with Gasteiger partial charge in [-0.1, -0.05) is 25.1 Å². The molecule has 2 aromatic carbocycles. The Balaban J connectivity index is 0.000000243. The zero-order chi connectivity index (χ0) is 48.1. The zero-order valence-electron chi connectivity index (χ0n) is 38.9. The summed E-state index contributed by atoms with van der Waals surface area (Å²) in [6.45, 7) is 10.5. The number of thioether (sulfide) groups is 2. The topological polar surface area (TPSA) is 198 Å². The molecule has 2 saturated carbocycles. The van der Waals surface area contributed by atoms with Gasteiger partial charge in [0.1, 0.15) is 47.4 Å². The van der Waals surface area contributed by atoms with Gasteiger partial charge in [-0.05, 0) is 132 Å². The van der Waals surface area contributed by atoms with Crippen LogP contribution in [-0.2, 0) is 46.5 Å². The number of oxazole rings is 2. The summed E-state index contributed by atoms with van der Waals surface area (Å²) in [7, 11) is 0. The van der Waals surface area contributed by atoms with E-state index in [0.717, 1.165) is 105 Å². The van der Waals surface area contributed by atoms with Crippen LogP contribution in [0.25, 0.3) is 22.9 Å².